The monoisotopic (exact) mass is 168 g/mol. The van der Waals surface area contributed by atoms with E-state index in [4.69, 9.17) is 0 Å². The molecule has 5 heteroatoms. The molecular weight excluding hydrogens is 158 g/mol. The van der Waals surface area contributed by atoms with E-state index in [1.807, 2.05) is 6.20 Å². The second-order valence-electron chi connectivity index (χ2n) is 2.74. The molecule has 1 atom stereocenters. The van der Waals surface area contributed by atoms with E-state index in [0.717, 1.165) is 5.69 Å². The third-order valence-corrected chi connectivity index (χ3v) is 1.90. The number of methoxy groups -OCH3 is 1. The Kier molecular flexibility index (Phi) is 1.49. The van der Waals surface area contributed by atoms with Crippen molar-refractivity contribution < 1.29 is 14.2 Å². The van der Waals surface area contributed by atoms with E-state index < -0.39 is 0 Å². The molecule has 0 fully saturated rings. The van der Waals surface area contributed by atoms with Gasteiger partial charge < -0.3 is 4.74 Å². The molecule has 1 aromatic rings. The molecule has 12 heavy (non-hydrogen) atoms. The largest absolute Gasteiger partial charge is 0.467 e. The van der Waals surface area contributed by atoms with Gasteiger partial charge in [0.15, 0.2) is 12.2 Å². The highest BCUT2D eigenvalue weighted by Gasteiger charge is 2.28. The van der Waals surface area contributed by atoms with Crippen LogP contribution < -0.4 is 10.1 Å². The molecule has 1 aromatic heterocycles. The lowest BCUT2D eigenvalue weighted by atomic mass is 10.1. The molecule has 0 radical (unpaired) electrons. The van der Waals surface area contributed by atoms with E-state index >= 15 is 0 Å². The molecule has 2 rings (SSSR count). The minimum Gasteiger partial charge on any atom is -0.467 e. The Balaban J connectivity index is 2.15. The van der Waals surface area contributed by atoms with Gasteiger partial charge in [0.25, 0.3) is 6.33 Å². The van der Waals surface area contributed by atoms with Gasteiger partial charge >= 0.3 is 5.97 Å². The Bertz CT molecular complexity index is 287. The summed E-state index contributed by atoms with van der Waals surface area (Å²) in [6.45, 7) is 0. The van der Waals surface area contributed by atoms with Crippen LogP contribution in [-0.2, 0) is 16.0 Å². The van der Waals surface area contributed by atoms with Crippen molar-refractivity contribution in [2.24, 2.45) is 0 Å². The molecule has 1 aliphatic heterocycles. The van der Waals surface area contributed by atoms with Gasteiger partial charge in [0.1, 0.15) is 5.69 Å². The first-order valence-electron chi connectivity index (χ1n) is 3.72. The fraction of sp³-hybridized carbons (Fsp3) is 0.429. The molecule has 2 bridgehead atoms. The molecule has 0 unspecified atom stereocenters. The summed E-state index contributed by atoms with van der Waals surface area (Å²) < 4.78 is 6.34. The number of aromatic amines is 1. The van der Waals surface area contributed by atoms with Crippen molar-refractivity contribution in [1.29, 1.82) is 0 Å². The van der Waals surface area contributed by atoms with Crippen LogP contribution in [0.25, 0.3) is 0 Å². The fourth-order valence-corrected chi connectivity index (χ4v) is 1.30. The highest BCUT2D eigenvalue weighted by atomic mass is 16.5. The van der Waals surface area contributed by atoms with Crippen molar-refractivity contribution in [2.75, 3.05) is 12.5 Å². The van der Waals surface area contributed by atoms with Crippen LogP contribution in [0.4, 0.5) is 0 Å². The van der Waals surface area contributed by atoms with E-state index in [0.29, 0.717) is 6.42 Å². The van der Waals surface area contributed by atoms with E-state index in [1.165, 1.54) is 7.11 Å². The first-order chi connectivity index (χ1) is 5.79. The molecular formula is C7H10N3O2+. The van der Waals surface area contributed by atoms with Gasteiger partial charge in [0.05, 0.1) is 7.11 Å². The van der Waals surface area contributed by atoms with E-state index in [-0.39, 0.29) is 12.0 Å². The van der Waals surface area contributed by atoms with Crippen LogP contribution in [0.5, 0.6) is 0 Å². The number of esters is 1. The minimum absolute atomic E-state index is 0.234. The van der Waals surface area contributed by atoms with Crippen molar-refractivity contribution in [3.05, 3.63) is 18.2 Å². The lowest BCUT2D eigenvalue weighted by molar-refractivity contribution is -0.653. The number of carbonyl (C=O) groups excluding carboxylic acids is 1. The summed E-state index contributed by atoms with van der Waals surface area (Å²) >= 11 is 0. The number of nitrogens with zero attached hydrogens (tertiary/aromatic N) is 1. The summed E-state index contributed by atoms with van der Waals surface area (Å²) in [6.07, 6.45) is 4.32. The number of hydrogen-bond acceptors (Lipinski definition) is 3. The highest BCUT2D eigenvalue weighted by Crippen LogP contribution is 2.03. The lowest BCUT2D eigenvalue weighted by Crippen LogP contribution is -2.54. The van der Waals surface area contributed by atoms with Gasteiger partial charge in [-0.1, -0.05) is 0 Å². The van der Waals surface area contributed by atoms with Crippen LogP contribution in [0.2, 0.25) is 0 Å². The Morgan fingerprint density at radius 2 is 2.67 bits per heavy atom. The predicted molar refractivity (Wildman–Crippen MR) is 39.9 cm³/mol. The van der Waals surface area contributed by atoms with Crippen molar-refractivity contribution >= 4 is 5.97 Å². The zero-order valence-corrected chi connectivity index (χ0v) is 6.70. The molecule has 64 valence electrons. The number of hydrogen-bond donors (Lipinski definition) is 2. The molecule has 0 aromatic carbocycles. The Morgan fingerprint density at radius 1 is 1.83 bits per heavy atom. The molecule has 0 amide bonds. The maximum absolute atomic E-state index is 11.1. The zero-order valence-electron chi connectivity index (χ0n) is 6.70. The fourth-order valence-electron chi connectivity index (χ4n) is 1.30. The van der Waals surface area contributed by atoms with E-state index in [2.05, 4.69) is 15.1 Å². The van der Waals surface area contributed by atoms with Crippen molar-refractivity contribution in [1.82, 2.24) is 4.98 Å². The first kappa shape index (κ1) is 7.15. The topological polar surface area (TPSA) is 58.0 Å². The molecule has 2 N–H and O–H groups in total. The van der Waals surface area contributed by atoms with Gasteiger partial charge in [-0.3, -0.25) is 0 Å². The lowest BCUT2D eigenvalue weighted by Gasteiger charge is -2.14. The second kappa shape index (κ2) is 2.51. The number of rotatable bonds is 1. The number of nitrogens with one attached hydrogen (secondary N) is 2. The third-order valence-electron chi connectivity index (χ3n) is 1.90. The van der Waals surface area contributed by atoms with Gasteiger partial charge in [-0.25, -0.2) is 15.2 Å². The molecule has 2 heterocycles. The Hall–Kier alpha value is -1.52. The standard InChI is InChI=1S/C7H9N3O2/c1-12-7(11)6-2-5-3-10(9-6)4-8-5/h3-4,6,9H,2H2,1H3/p+1/t6-/m0/s1. The SMILES string of the molecule is COC(=O)[C@@H]1Cc2c[n+](c[nH]2)N1. The number of H-pyrrole nitrogens is 1. The van der Waals surface area contributed by atoms with E-state index in [9.17, 15) is 4.79 Å². The van der Waals surface area contributed by atoms with Crippen LogP contribution >= 0.6 is 0 Å². The summed E-state index contributed by atoms with van der Waals surface area (Å²) in [5.41, 5.74) is 3.99. The first-order valence-corrected chi connectivity index (χ1v) is 3.72. The molecule has 0 saturated heterocycles. The average molecular weight is 168 g/mol. The van der Waals surface area contributed by atoms with Gasteiger partial charge in [-0.15, -0.1) is 4.68 Å². The second-order valence-corrected chi connectivity index (χ2v) is 2.74. The predicted octanol–water partition coefficient (Wildman–Crippen LogP) is -1.06. The van der Waals surface area contributed by atoms with Gasteiger partial charge in [0, 0.05) is 6.42 Å². The maximum atomic E-state index is 11.1. The molecule has 0 spiro atoms. The van der Waals surface area contributed by atoms with Crippen molar-refractivity contribution in [2.45, 2.75) is 12.5 Å². The Labute approximate surface area is 69.3 Å². The number of imidazole rings is 1. The normalized spacial score (nSPS) is 19.9. The number of fused-ring (bicyclic) bond motifs is 2. The number of aromatic nitrogens is 2. The highest BCUT2D eigenvalue weighted by molar-refractivity contribution is 5.77. The van der Waals surface area contributed by atoms with Crippen LogP contribution in [0.3, 0.4) is 0 Å². The number of ether oxygens (including phenoxy) is 1. The summed E-state index contributed by atoms with van der Waals surface area (Å²) in [7, 11) is 1.39. The summed E-state index contributed by atoms with van der Waals surface area (Å²) in [5, 5.41) is 0. The van der Waals surface area contributed by atoms with Gasteiger partial charge in [0.2, 0.25) is 0 Å². The van der Waals surface area contributed by atoms with Gasteiger partial charge in [-0.05, 0) is 0 Å². The van der Waals surface area contributed by atoms with Crippen LogP contribution in [-0.4, -0.2) is 24.1 Å². The van der Waals surface area contributed by atoms with Crippen molar-refractivity contribution in [3.63, 3.8) is 0 Å². The van der Waals surface area contributed by atoms with Crippen LogP contribution in [0, 0.1) is 0 Å². The zero-order chi connectivity index (χ0) is 8.55. The molecule has 0 aliphatic carbocycles. The third kappa shape index (κ3) is 1.03. The van der Waals surface area contributed by atoms with Crippen LogP contribution in [0.15, 0.2) is 12.5 Å². The van der Waals surface area contributed by atoms with Crippen molar-refractivity contribution in [3.8, 4) is 0 Å². The summed E-state index contributed by atoms with van der Waals surface area (Å²) in [4.78, 5) is 14.1. The molecule has 5 nitrogen and oxygen atoms in total. The van der Waals surface area contributed by atoms with Gasteiger partial charge in [-0.2, -0.15) is 0 Å². The molecule has 0 saturated carbocycles. The summed E-state index contributed by atoms with van der Waals surface area (Å²) in [6, 6.07) is -0.263. The molecule has 1 aliphatic rings. The summed E-state index contributed by atoms with van der Waals surface area (Å²) in [5.74, 6) is -0.234. The maximum Gasteiger partial charge on any atom is 0.332 e. The average Bonchev–Trinajstić information content (AvgIpc) is 2.44. The van der Waals surface area contributed by atoms with E-state index in [1.54, 1.807) is 11.0 Å². The minimum atomic E-state index is -0.263. The quantitative estimate of drug-likeness (QED) is 0.415. The Morgan fingerprint density at radius 3 is 3.33 bits per heavy atom. The smallest absolute Gasteiger partial charge is 0.332 e. The number of carbonyl (C=O) groups is 1. The van der Waals surface area contributed by atoms with Crippen LogP contribution in [0.1, 0.15) is 5.69 Å².